The first-order valence-corrected chi connectivity index (χ1v) is 10.4. The second kappa shape index (κ2) is 8.59. The van der Waals surface area contributed by atoms with Gasteiger partial charge in [-0.3, -0.25) is 0 Å². The third kappa shape index (κ3) is 4.52. The molecule has 1 aliphatic heterocycles. The number of carbonyl (C=O) groups excluding carboxylic acids is 1. The van der Waals surface area contributed by atoms with Gasteiger partial charge in [-0.1, -0.05) is 49.6 Å². The normalized spacial score (nSPS) is 19.2. The van der Waals surface area contributed by atoms with Crippen molar-refractivity contribution in [3.63, 3.8) is 0 Å². The zero-order valence-electron chi connectivity index (χ0n) is 16.0. The number of hydrogen-bond donors (Lipinski definition) is 1. The van der Waals surface area contributed by atoms with Gasteiger partial charge in [0, 0.05) is 43.6 Å². The van der Waals surface area contributed by atoms with Crippen LogP contribution < -0.4 is 5.32 Å². The van der Waals surface area contributed by atoms with Crippen molar-refractivity contribution in [1.82, 2.24) is 19.8 Å². The van der Waals surface area contributed by atoms with E-state index in [0.29, 0.717) is 12.0 Å². The van der Waals surface area contributed by atoms with Crippen LogP contribution in [0.2, 0.25) is 0 Å². The summed E-state index contributed by atoms with van der Waals surface area (Å²) in [5, 5.41) is 3.25. The molecule has 1 aromatic carbocycles. The van der Waals surface area contributed by atoms with E-state index >= 15 is 0 Å². The summed E-state index contributed by atoms with van der Waals surface area (Å²) >= 11 is 0. The Balaban J connectivity index is 1.29. The van der Waals surface area contributed by atoms with Crippen LogP contribution in [-0.4, -0.2) is 39.6 Å². The lowest BCUT2D eigenvalue weighted by molar-refractivity contribution is 0.160. The van der Waals surface area contributed by atoms with Crippen molar-refractivity contribution in [2.75, 3.05) is 13.1 Å². The number of imidazole rings is 1. The summed E-state index contributed by atoms with van der Waals surface area (Å²) in [5.41, 5.74) is 1.16. The number of aromatic nitrogens is 2. The van der Waals surface area contributed by atoms with Crippen LogP contribution in [-0.2, 0) is 6.54 Å². The lowest BCUT2D eigenvalue weighted by atomic mass is 9.95. The van der Waals surface area contributed by atoms with Gasteiger partial charge in [0.05, 0.1) is 0 Å². The maximum atomic E-state index is 12.5. The fourth-order valence-electron chi connectivity index (χ4n) is 4.41. The molecule has 0 spiro atoms. The van der Waals surface area contributed by atoms with E-state index in [2.05, 4.69) is 45.3 Å². The zero-order valence-corrected chi connectivity index (χ0v) is 16.0. The van der Waals surface area contributed by atoms with Crippen LogP contribution in [0, 0.1) is 5.92 Å². The Morgan fingerprint density at radius 1 is 1.04 bits per heavy atom. The standard InChI is InChI=1S/C22H30N4O/c27-22(24-20-9-5-2-6-10-20)25-14-11-18(12-15-25)17-26-16-13-23-21(26)19-7-3-1-4-8-19/h1,3-4,7-8,13,16,18,20H,2,5-6,9-12,14-15,17H2,(H,24,27). The molecule has 1 aliphatic carbocycles. The third-order valence-electron chi connectivity index (χ3n) is 6.04. The number of urea groups is 1. The second-order valence-electron chi connectivity index (χ2n) is 7.98. The lowest BCUT2D eigenvalue weighted by Crippen LogP contribution is -2.48. The molecule has 0 atom stereocenters. The number of carbonyl (C=O) groups is 1. The Labute approximate surface area is 161 Å². The van der Waals surface area contributed by atoms with Gasteiger partial charge < -0.3 is 14.8 Å². The first-order chi connectivity index (χ1) is 13.3. The highest BCUT2D eigenvalue weighted by Crippen LogP contribution is 2.24. The maximum Gasteiger partial charge on any atom is 0.317 e. The van der Waals surface area contributed by atoms with Crippen LogP contribution in [0.5, 0.6) is 0 Å². The molecule has 144 valence electrons. The van der Waals surface area contributed by atoms with Crippen molar-refractivity contribution < 1.29 is 4.79 Å². The number of amides is 2. The highest BCUT2D eigenvalue weighted by molar-refractivity contribution is 5.74. The highest BCUT2D eigenvalue weighted by Gasteiger charge is 2.25. The van der Waals surface area contributed by atoms with Crippen molar-refractivity contribution in [3.8, 4) is 11.4 Å². The fraction of sp³-hybridized carbons (Fsp3) is 0.545. The van der Waals surface area contributed by atoms with Crippen molar-refractivity contribution in [3.05, 3.63) is 42.7 Å². The molecule has 27 heavy (non-hydrogen) atoms. The number of benzene rings is 1. The first kappa shape index (κ1) is 18.1. The van der Waals surface area contributed by atoms with Gasteiger partial charge in [0.15, 0.2) is 0 Å². The number of nitrogens with one attached hydrogen (secondary N) is 1. The summed E-state index contributed by atoms with van der Waals surface area (Å²) in [6.07, 6.45) is 12.2. The predicted molar refractivity (Wildman–Crippen MR) is 107 cm³/mol. The fourth-order valence-corrected chi connectivity index (χ4v) is 4.41. The van der Waals surface area contributed by atoms with Gasteiger partial charge >= 0.3 is 6.03 Å². The largest absolute Gasteiger partial charge is 0.335 e. The maximum absolute atomic E-state index is 12.5. The van der Waals surface area contributed by atoms with Crippen LogP contribution in [0.25, 0.3) is 11.4 Å². The molecule has 5 heteroatoms. The minimum Gasteiger partial charge on any atom is -0.335 e. The number of piperidine rings is 1. The molecule has 0 unspecified atom stereocenters. The summed E-state index contributed by atoms with van der Waals surface area (Å²) in [6, 6.07) is 10.9. The van der Waals surface area contributed by atoms with E-state index in [1.165, 1.54) is 19.3 Å². The third-order valence-corrected chi connectivity index (χ3v) is 6.04. The average molecular weight is 367 g/mol. The van der Waals surface area contributed by atoms with Crippen LogP contribution in [0.1, 0.15) is 44.9 Å². The molecule has 5 nitrogen and oxygen atoms in total. The summed E-state index contributed by atoms with van der Waals surface area (Å²) < 4.78 is 2.26. The molecular weight excluding hydrogens is 336 g/mol. The average Bonchev–Trinajstić information content (AvgIpc) is 3.18. The Kier molecular flexibility index (Phi) is 5.75. The molecule has 2 fully saturated rings. The monoisotopic (exact) mass is 366 g/mol. The van der Waals surface area contributed by atoms with Crippen molar-refractivity contribution in [2.24, 2.45) is 5.92 Å². The molecule has 0 bridgehead atoms. The Hall–Kier alpha value is -2.30. The molecule has 2 amide bonds. The quantitative estimate of drug-likeness (QED) is 0.877. The topological polar surface area (TPSA) is 50.2 Å². The van der Waals surface area contributed by atoms with E-state index in [1.54, 1.807) is 0 Å². The van der Waals surface area contributed by atoms with Crippen molar-refractivity contribution in [2.45, 2.75) is 57.5 Å². The van der Waals surface area contributed by atoms with E-state index in [4.69, 9.17) is 0 Å². The summed E-state index contributed by atoms with van der Waals surface area (Å²) in [4.78, 5) is 19.1. The molecule has 1 aromatic heterocycles. The molecule has 2 aromatic rings. The molecule has 0 radical (unpaired) electrons. The Morgan fingerprint density at radius 3 is 2.52 bits per heavy atom. The van der Waals surface area contributed by atoms with Crippen LogP contribution in [0.4, 0.5) is 4.79 Å². The Bertz CT molecular complexity index is 728. The number of nitrogens with zero attached hydrogens (tertiary/aromatic N) is 3. The van der Waals surface area contributed by atoms with Gasteiger partial charge in [0.2, 0.25) is 0 Å². The van der Waals surface area contributed by atoms with Crippen LogP contribution in [0.3, 0.4) is 0 Å². The van der Waals surface area contributed by atoms with E-state index in [0.717, 1.165) is 56.7 Å². The summed E-state index contributed by atoms with van der Waals surface area (Å²) in [6.45, 7) is 2.69. The summed E-state index contributed by atoms with van der Waals surface area (Å²) in [5.74, 6) is 1.63. The van der Waals surface area contributed by atoms with Gasteiger partial charge in [0.25, 0.3) is 0 Å². The van der Waals surface area contributed by atoms with E-state index in [1.807, 2.05) is 17.2 Å². The smallest absolute Gasteiger partial charge is 0.317 e. The first-order valence-electron chi connectivity index (χ1n) is 10.4. The number of likely N-dealkylation sites (tertiary alicyclic amines) is 1. The molecule has 2 heterocycles. The highest BCUT2D eigenvalue weighted by atomic mass is 16.2. The van der Waals surface area contributed by atoms with Crippen molar-refractivity contribution >= 4 is 6.03 Å². The lowest BCUT2D eigenvalue weighted by Gasteiger charge is -2.34. The second-order valence-corrected chi connectivity index (χ2v) is 7.98. The predicted octanol–water partition coefficient (Wildman–Crippen LogP) is 4.30. The number of rotatable bonds is 4. The van der Waals surface area contributed by atoms with Gasteiger partial charge in [-0.2, -0.15) is 0 Å². The minimum atomic E-state index is 0.146. The molecule has 2 aliphatic rings. The van der Waals surface area contributed by atoms with Crippen LogP contribution in [0.15, 0.2) is 42.7 Å². The van der Waals surface area contributed by atoms with E-state index in [-0.39, 0.29) is 6.03 Å². The minimum absolute atomic E-state index is 0.146. The molecule has 1 saturated heterocycles. The van der Waals surface area contributed by atoms with Gasteiger partial charge in [0.1, 0.15) is 5.82 Å². The molecule has 4 rings (SSSR count). The van der Waals surface area contributed by atoms with Gasteiger partial charge in [-0.15, -0.1) is 0 Å². The van der Waals surface area contributed by atoms with E-state index < -0.39 is 0 Å². The Morgan fingerprint density at radius 2 is 1.78 bits per heavy atom. The molecule has 1 saturated carbocycles. The van der Waals surface area contributed by atoms with Crippen molar-refractivity contribution in [1.29, 1.82) is 0 Å². The summed E-state index contributed by atoms with van der Waals surface area (Å²) in [7, 11) is 0. The molecular formula is C22H30N4O. The SMILES string of the molecule is O=C(NC1CCCCC1)N1CCC(Cn2ccnc2-c2ccccc2)CC1. The van der Waals surface area contributed by atoms with Gasteiger partial charge in [-0.25, -0.2) is 9.78 Å². The number of hydrogen-bond acceptors (Lipinski definition) is 2. The van der Waals surface area contributed by atoms with Gasteiger partial charge in [-0.05, 0) is 31.6 Å². The van der Waals surface area contributed by atoms with Crippen LogP contribution >= 0.6 is 0 Å². The molecule has 1 N–H and O–H groups in total. The zero-order chi connectivity index (χ0) is 18.5. The van der Waals surface area contributed by atoms with E-state index in [9.17, 15) is 4.79 Å².